The number of carbonyl (C=O) groups excluding carboxylic acids is 1. The van der Waals surface area contributed by atoms with Gasteiger partial charge in [0.2, 0.25) is 5.91 Å². The van der Waals surface area contributed by atoms with Crippen molar-refractivity contribution in [3.8, 4) is 0 Å². The molecule has 0 saturated heterocycles. The summed E-state index contributed by atoms with van der Waals surface area (Å²) in [6.07, 6.45) is 0.917. The third-order valence-electron chi connectivity index (χ3n) is 2.95. The number of aromatic carboxylic acids is 1. The van der Waals surface area contributed by atoms with E-state index in [9.17, 15) is 9.59 Å². The van der Waals surface area contributed by atoms with E-state index in [1.807, 2.05) is 12.1 Å². The molecule has 0 aliphatic rings. The second kappa shape index (κ2) is 6.90. The molecule has 0 fully saturated rings. The highest BCUT2D eigenvalue weighted by molar-refractivity contribution is 6.30. The highest BCUT2D eigenvalue weighted by Gasteiger charge is 2.06. The number of carboxylic acid groups (broad SMARTS) is 1. The molecule has 2 rings (SSSR count). The zero-order valence-electron chi connectivity index (χ0n) is 11.2. The average Bonchev–Trinajstić information content (AvgIpc) is 2.47. The predicted molar refractivity (Wildman–Crippen MR) is 81.8 cm³/mol. The maximum Gasteiger partial charge on any atom is 0.335 e. The van der Waals surface area contributed by atoms with Gasteiger partial charge in [-0.05, 0) is 42.3 Å². The van der Waals surface area contributed by atoms with Crippen LogP contribution >= 0.6 is 11.6 Å². The minimum atomic E-state index is -1.02. The zero-order valence-corrected chi connectivity index (χ0v) is 11.9. The molecule has 0 aliphatic heterocycles. The molecule has 5 heteroatoms. The Morgan fingerprint density at radius 1 is 1.10 bits per heavy atom. The van der Waals surface area contributed by atoms with E-state index in [4.69, 9.17) is 16.7 Å². The van der Waals surface area contributed by atoms with Gasteiger partial charge in [0, 0.05) is 17.1 Å². The minimum Gasteiger partial charge on any atom is -0.478 e. The fourth-order valence-corrected chi connectivity index (χ4v) is 1.99. The highest BCUT2D eigenvalue weighted by Crippen LogP contribution is 2.13. The van der Waals surface area contributed by atoms with Gasteiger partial charge in [-0.3, -0.25) is 4.79 Å². The number of carbonyl (C=O) groups is 2. The van der Waals surface area contributed by atoms with Gasteiger partial charge >= 0.3 is 5.97 Å². The quantitative estimate of drug-likeness (QED) is 0.886. The second-order valence-corrected chi connectivity index (χ2v) is 5.00. The maximum atomic E-state index is 11.8. The molecule has 0 saturated carbocycles. The first-order valence-corrected chi connectivity index (χ1v) is 6.80. The van der Waals surface area contributed by atoms with Gasteiger partial charge in [0.05, 0.1) is 5.56 Å². The van der Waals surface area contributed by atoms with Gasteiger partial charge in [0.1, 0.15) is 0 Å². The minimum absolute atomic E-state index is 0.144. The van der Waals surface area contributed by atoms with Crippen molar-refractivity contribution in [1.29, 1.82) is 0 Å². The summed E-state index contributed by atoms with van der Waals surface area (Å²) in [7, 11) is 0. The Morgan fingerprint density at radius 2 is 1.81 bits per heavy atom. The van der Waals surface area contributed by atoms with E-state index in [1.165, 1.54) is 12.1 Å². The molecule has 21 heavy (non-hydrogen) atoms. The largest absolute Gasteiger partial charge is 0.478 e. The molecule has 2 aromatic carbocycles. The first kappa shape index (κ1) is 15.1. The molecule has 0 atom stereocenters. The molecule has 0 bridgehead atoms. The van der Waals surface area contributed by atoms with E-state index in [0.29, 0.717) is 23.6 Å². The lowest BCUT2D eigenvalue weighted by molar-refractivity contribution is -0.116. The Labute approximate surface area is 127 Å². The number of carboxylic acids is 1. The smallest absolute Gasteiger partial charge is 0.335 e. The Balaban J connectivity index is 1.91. The van der Waals surface area contributed by atoms with Crippen molar-refractivity contribution in [1.82, 2.24) is 0 Å². The molecule has 1 amide bonds. The fourth-order valence-electron chi connectivity index (χ4n) is 1.86. The van der Waals surface area contributed by atoms with Gasteiger partial charge in [-0.25, -0.2) is 4.79 Å². The standard InChI is InChI=1S/C16H14ClNO3/c17-13-7-4-11(5-8-13)6-9-15(19)18-14-3-1-2-12(10-14)16(20)21/h1-5,7-8,10H,6,9H2,(H,18,19)(H,20,21). The number of anilines is 1. The van der Waals surface area contributed by atoms with Gasteiger partial charge in [-0.2, -0.15) is 0 Å². The number of benzene rings is 2. The number of nitrogens with one attached hydrogen (secondary N) is 1. The zero-order chi connectivity index (χ0) is 15.2. The Morgan fingerprint density at radius 3 is 2.48 bits per heavy atom. The molecule has 0 radical (unpaired) electrons. The van der Waals surface area contributed by atoms with Crippen molar-refractivity contribution in [2.75, 3.05) is 5.32 Å². The molecular formula is C16H14ClNO3. The lowest BCUT2D eigenvalue weighted by Gasteiger charge is -2.06. The predicted octanol–water partition coefficient (Wildman–Crippen LogP) is 3.61. The molecule has 0 spiro atoms. The van der Waals surface area contributed by atoms with E-state index in [-0.39, 0.29) is 11.5 Å². The number of aryl methyl sites for hydroxylation is 1. The van der Waals surface area contributed by atoms with Crippen LogP contribution in [0.3, 0.4) is 0 Å². The van der Waals surface area contributed by atoms with Gasteiger partial charge in [-0.1, -0.05) is 29.8 Å². The van der Waals surface area contributed by atoms with E-state index >= 15 is 0 Å². The van der Waals surface area contributed by atoms with Crippen molar-refractivity contribution in [3.63, 3.8) is 0 Å². The molecule has 2 N–H and O–H groups in total. The number of amides is 1. The van der Waals surface area contributed by atoms with E-state index < -0.39 is 5.97 Å². The van der Waals surface area contributed by atoms with E-state index in [0.717, 1.165) is 5.56 Å². The van der Waals surface area contributed by atoms with Gasteiger partial charge in [0.25, 0.3) is 0 Å². The summed E-state index contributed by atoms with van der Waals surface area (Å²) >= 11 is 5.79. The lowest BCUT2D eigenvalue weighted by atomic mass is 10.1. The van der Waals surface area contributed by atoms with E-state index in [1.54, 1.807) is 24.3 Å². The average molecular weight is 304 g/mol. The number of hydrogen-bond acceptors (Lipinski definition) is 2. The van der Waals surface area contributed by atoms with Crippen LogP contribution in [-0.2, 0) is 11.2 Å². The van der Waals surface area contributed by atoms with Crippen LogP contribution in [0.15, 0.2) is 48.5 Å². The van der Waals surface area contributed by atoms with Crippen molar-refractivity contribution in [2.24, 2.45) is 0 Å². The van der Waals surface area contributed by atoms with Crippen molar-refractivity contribution < 1.29 is 14.7 Å². The molecular weight excluding hydrogens is 290 g/mol. The number of rotatable bonds is 5. The SMILES string of the molecule is O=C(CCc1ccc(Cl)cc1)Nc1cccc(C(=O)O)c1. The van der Waals surface area contributed by atoms with Crippen LogP contribution < -0.4 is 5.32 Å². The molecule has 0 heterocycles. The normalized spacial score (nSPS) is 10.1. The summed E-state index contributed by atoms with van der Waals surface area (Å²) in [5, 5.41) is 12.2. The van der Waals surface area contributed by atoms with Gasteiger partial charge in [-0.15, -0.1) is 0 Å². The molecule has 0 aromatic heterocycles. The van der Waals surface area contributed by atoms with Crippen LogP contribution in [0.25, 0.3) is 0 Å². The first-order valence-electron chi connectivity index (χ1n) is 6.42. The topological polar surface area (TPSA) is 66.4 Å². The monoisotopic (exact) mass is 303 g/mol. The fraction of sp³-hybridized carbons (Fsp3) is 0.125. The summed E-state index contributed by atoms with van der Waals surface area (Å²) in [4.78, 5) is 22.7. The van der Waals surface area contributed by atoms with Crippen LogP contribution in [-0.4, -0.2) is 17.0 Å². The van der Waals surface area contributed by atoms with Crippen molar-refractivity contribution in [3.05, 3.63) is 64.7 Å². The highest BCUT2D eigenvalue weighted by atomic mass is 35.5. The van der Waals surface area contributed by atoms with Crippen LogP contribution in [0.2, 0.25) is 5.02 Å². The van der Waals surface area contributed by atoms with E-state index in [2.05, 4.69) is 5.32 Å². The van der Waals surface area contributed by atoms with Crippen molar-refractivity contribution >= 4 is 29.2 Å². The van der Waals surface area contributed by atoms with Crippen LogP contribution in [0, 0.1) is 0 Å². The Kier molecular flexibility index (Phi) is 4.95. The third kappa shape index (κ3) is 4.61. The van der Waals surface area contributed by atoms with Crippen LogP contribution in [0.5, 0.6) is 0 Å². The summed E-state index contributed by atoms with van der Waals surface area (Å²) in [6.45, 7) is 0. The molecule has 0 aliphatic carbocycles. The summed E-state index contributed by atoms with van der Waals surface area (Å²) in [5.74, 6) is -1.18. The Hall–Kier alpha value is -2.33. The van der Waals surface area contributed by atoms with Gasteiger partial charge < -0.3 is 10.4 Å². The molecule has 108 valence electrons. The van der Waals surface area contributed by atoms with Crippen LogP contribution in [0.4, 0.5) is 5.69 Å². The summed E-state index contributed by atoms with van der Waals surface area (Å²) in [6, 6.07) is 13.5. The maximum absolute atomic E-state index is 11.8. The number of halogens is 1. The Bertz CT molecular complexity index is 653. The third-order valence-corrected chi connectivity index (χ3v) is 3.20. The molecule has 0 unspecified atom stereocenters. The van der Waals surface area contributed by atoms with Gasteiger partial charge in [0.15, 0.2) is 0 Å². The first-order chi connectivity index (χ1) is 10.0. The molecule has 4 nitrogen and oxygen atoms in total. The van der Waals surface area contributed by atoms with Crippen LogP contribution in [0.1, 0.15) is 22.3 Å². The second-order valence-electron chi connectivity index (χ2n) is 4.56. The number of hydrogen-bond donors (Lipinski definition) is 2. The summed E-state index contributed by atoms with van der Waals surface area (Å²) in [5.41, 5.74) is 1.65. The lowest BCUT2D eigenvalue weighted by Crippen LogP contribution is -2.12. The molecule has 2 aromatic rings. The van der Waals surface area contributed by atoms with Crippen molar-refractivity contribution in [2.45, 2.75) is 12.8 Å². The summed E-state index contributed by atoms with van der Waals surface area (Å²) < 4.78 is 0.